The minimum absolute atomic E-state index is 0.0746. The van der Waals surface area contributed by atoms with Gasteiger partial charge in [0.25, 0.3) is 11.8 Å². The van der Waals surface area contributed by atoms with Gasteiger partial charge in [0, 0.05) is 11.4 Å². The summed E-state index contributed by atoms with van der Waals surface area (Å²) < 4.78 is 13.5. The van der Waals surface area contributed by atoms with Crippen LogP contribution in [0.15, 0.2) is 41.8 Å². The van der Waals surface area contributed by atoms with Crippen molar-refractivity contribution < 1.29 is 18.9 Å². The number of benzene rings is 1. The minimum Gasteiger partial charge on any atom is -0.351 e. The van der Waals surface area contributed by atoms with Crippen molar-refractivity contribution in [1.29, 1.82) is 0 Å². The van der Waals surface area contributed by atoms with Crippen LogP contribution in [0.3, 0.4) is 0 Å². The van der Waals surface area contributed by atoms with Crippen molar-refractivity contribution in [2.75, 3.05) is 26.2 Å². The second-order valence-electron chi connectivity index (χ2n) is 6.00. The monoisotopic (exact) mass is 378 g/mol. The molecule has 0 saturated carbocycles. The Morgan fingerprint density at radius 1 is 1.08 bits per heavy atom. The normalized spacial score (nSPS) is 11.8. The fraction of sp³-hybridized carbons (Fsp3) is 0.368. The third-order valence-corrected chi connectivity index (χ3v) is 4.91. The predicted octanol–water partition coefficient (Wildman–Crippen LogP) is 0.767. The first kappa shape index (κ1) is 20.1. The second kappa shape index (κ2) is 10.7. The van der Waals surface area contributed by atoms with Gasteiger partial charge in [0.15, 0.2) is 13.1 Å². The fourth-order valence-corrected chi connectivity index (χ4v) is 3.17. The molecular weight excluding hydrogens is 353 g/mol. The fourth-order valence-electron chi connectivity index (χ4n) is 2.53. The molecule has 1 heterocycles. The van der Waals surface area contributed by atoms with Gasteiger partial charge in [-0.15, -0.1) is 11.3 Å². The van der Waals surface area contributed by atoms with E-state index in [0.29, 0.717) is 31.6 Å². The molecule has 0 radical (unpaired) electrons. The lowest BCUT2D eigenvalue weighted by Gasteiger charge is -2.17. The van der Waals surface area contributed by atoms with Crippen LogP contribution in [-0.4, -0.2) is 38.0 Å². The number of carbonyl (C=O) groups is 2. The Balaban J connectivity index is 1.68. The highest BCUT2D eigenvalue weighted by Gasteiger charge is 2.16. The van der Waals surface area contributed by atoms with Gasteiger partial charge >= 0.3 is 0 Å². The van der Waals surface area contributed by atoms with Crippen LogP contribution in [0.1, 0.15) is 17.4 Å². The van der Waals surface area contributed by atoms with Crippen LogP contribution >= 0.6 is 11.3 Å². The molecule has 1 aromatic carbocycles. The van der Waals surface area contributed by atoms with E-state index in [2.05, 4.69) is 10.6 Å². The van der Waals surface area contributed by atoms with Gasteiger partial charge in [-0.2, -0.15) is 0 Å². The zero-order valence-corrected chi connectivity index (χ0v) is 15.7. The molecule has 2 aromatic rings. The summed E-state index contributed by atoms with van der Waals surface area (Å²) in [6.07, 6.45) is 0.446. The third kappa shape index (κ3) is 6.93. The Morgan fingerprint density at radius 3 is 2.46 bits per heavy atom. The van der Waals surface area contributed by atoms with Crippen LogP contribution in [0.25, 0.3) is 0 Å². The van der Waals surface area contributed by atoms with Gasteiger partial charge in [-0.25, -0.2) is 4.39 Å². The van der Waals surface area contributed by atoms with Crippen LogP contribution in [-0.2, 0) is 22.6 Å². The molecule has 5 nitrogen and oxygen atoms in total. The average Bonchev–Trinajstić information content (AvgIpc) is 3.14. The van der Waals surface area contributed by atoms with Crippen molar-refractivity contribution in [2.45, 2.75) is 19.9 Å². The maximum absolute atomic E-state index is 13.5. The van der Waals surface area contributed by atoms with Gasteiger partial charge in [0.2, 0.25) is 0 Å². The van der Waals surface area contributed by atoms with Crippen LogP contribution in [0.4, 0.5) is 4.39 Å². The molecule has 140 valence electrons. The van der Waals surface area contributed by atoms with Crippen molar-refractivity contribution in [3.63, 3.8) is 0 Å². The summed E-state index contributed by atoms with van der Waals surface area (Å²) in [5, 5.41) is 7.63. The molecule has 0 bridgehead atoms. The molecule has 2 rings (SSSR count). The summed E-state index contributed by atoms with van der Waals surface area (Å²) in [6.45, 7) is 3.98. The quantitative estimate of drug-likeness (QED) is 0.572. The molecule has 7 heteroatoms. The Bertz CT molecular complexity index is 707. The van der Waals surface area contributed by atoms with Crippen molar-refractivity contribution in [3.05, 3.63) is 58.0 Å². The van der Waals surface area contributed by atoms with Gasteiger partial charge in [-0.3, -0.25) is 9.59 Å². The van der Waals surface area contributed by atoms with E-state index in [9.17, 15) is 14.0 Å². The first-order valence-corrected chi connectivity index (χ1v) is 9.59. The lowest BCUT2D eigenvalue weighted by molar-refractivity contribution is -0.881. The number of halogens is 1. The number of hydrogen-bond acceptors (Lipinski definition) is 3. The van der Waals surface area contributed by atoms with Gasteiger partial charge in [-0.1, -0.05) is 24.3 Å². The molecular formula is C19H25FN3O2S+. The number of quaternary nitrogens is 1. The number of thiophene rings is 1. The first-order valence-electron chi connectivity index (χ1n) is 8.71. The van der Waals surface area contributed by atoms with E-state index in [0.717, 1.165) is 9.78 Å². The maximum atomic E-state index is 13.5. The zero-order chi connectivity index (χ0) is 18.8. The van der Waals surface area contributed by atoms with E-state index in [1.165, 1.54) is 6.07 Å². The molecule has 0 saturated heterocycles. The lowest BCUT2D eigenvalue weighted by atomic mass is 10.1. The molecule has 0 aliphatic heterocycles. The molecule has 0 fully saturated rings. The molecule has 1 unspecified atom stereocenters. The molecule has 26 heavy (non-hydrogen) atoms. The van der Waals surface area contributed by atoms with Crippen LogP contribution < -0.4 is 15.5 Å². The molecule has 0 aliphatic carbocycles. The third-order valence-electron chi connectivity index (χ3n) is 4.04. The van der Waals surface area contributed by atoms with Crippen LogP contribution in [0.2, 0.25) is 0 Å². The molecule has 3 N–H and O–H groups in total. The Morgan fingerprint density at radius 2 is 1.81 bits per heavy atom. The predicted molar refractivity (Wildman–Crippen MR) is 101 cm³/mol. The standard InChI is InChI=1S/C19H24FN3O2S/c1-2-23(14-19(25)22-12-16-7-5-11-26-16)13-18(24)21-10-9-15-6-3-4-8-17(15)20/h3-8,11H,2,9-10,12-14H2,1H3,(H,21,24)(H,22,25)/p+1. The van der Waals surface area contributed by atoms with Crippen molar-refractivity contribution in [2.24, 2.45) is 0 Å². The Hall–Kier alpha value is -2.25. The highest BCUT2D eigenvalue weighted by atomic mass is 32.1. The SMILES string of the molecule is CC[NH+](CC(=O)NCCc1ccccc1F)CC(=O)NCc1cccs1. The summed E-state index contributed by atoms with van der Waals surface area (Å²) in [5.41, 5.74) is 0.584. The smallest absolute Gasteiger partial charge is 0.275 e. The Kier molecular flexibility index (Phi) is 8.24. The van der Waals surface area contributed by atoms with Crippen LogP contribution in [0.5, 0.6) is 0 Å². The van der Waals surface area contributed by atoms with E-state index >= 15 is 0 Å². The zero-order valence-electron chi connectivity index (χ0n) is 14.9. The summed E-state index contributed by atoms with van der Waals surface area (Å²) in [7, 11) is 0. The van der Waals surface area contributed by atoms with Gasteiger partial charge in [0.1, 0.15) is 5.82 Å². The van der Waals surface area contributed by atoms with E-state index in [4.69, 9.17) is 0 Å². The van der Waals surface area contributed by atoms with E-state index in [1.807, 2.05) is 24.4 Å². The average molecular weight is 378 g/mol. The van der Waals surface area contributed by atoms with Gasteiger partial charge < -0.3 is 15.5 Å². The van der Waals surface area contributed by atoms with E-state index < -0.39 is 0 Å². The van der Waals surface area contributed by atoms with Gasteiger partial charge in [0.05, 0.1) is 13.1 Å². The second-order valence-corrected chi connectivity index (χ2v) is 7.04. The van der Waals surface area contributed by atoms with Crippen LogP contribution in [0, 0.1) is 5.82 Å². The topological polar surface area (TPSA) is 62.6 Å². The molecule has 2 amide bonds. The molecule has 1 aromatic heterocycles. The van der Waals surface area contributed by atoms with E-state index in [-0.39, 0.29) is 30.7 Å². The molecule has 1 atom stereocenters. The minimum atomic E-state index is -0.259. The van der Waals surface area contributed by atoms with Crippen molar-refractivity contribution in [3.8, 4) is 0 Å². The largest absolute Gasteiger partial charge is 0.351 e. The highest BCUT2D eigenvalue weighted by Crippen LogP contribution is 2.07. The number of rotatable bonds is 10. The van der Waals surface area contributed by atoms with Gasteiger partial charge in [-0.05, 0) is 36.4 Å². The molecule has 0 aliphatic rings. The van der Waals surface area contributed by atoms with E-state index in [1.54, 1.807) is 29.5 Å². The van der Waals surface area contributed by atoms with Crippen molar-refractivity contribution in [1.82, 2.24) is 10.6 Å². The highest BCUT2D eigenvalue weighted by molar-refractivity contribution is 7.09. The Labute approximate surface area is 157 Å². The maximum Gasteiger partial charge on any atom is 0.275 e. The first-order chi connectivity index (χ1) is 12.6. The number of likely N-dealkylation sites (N-methyl/N-ethyl adjacent to an activating group) is 1. The number of amides is 2. The lowest BCUT2D eigenvalue weighted by Crippen LogP contribution is -3.14. The summed E-state index contributed by atoms with van der Waals surface area (Å²) in [6, 6.07) is 10.5. The number of nitrogens with one attached hydrogen (secondary N) is 3. The number of hydrogen-bond donors (Lipinski definition) is 3. The number of carbonyl (C=O) groups excluding carboxylic acids is 2. The summed E-state index contributed by atoms with van der Waals surface area (Å²) >= 11 is 1.60. The van der Waals surface area contributed by atoms with Crippen molar-refractivity contribution >= 4 is 23.2 Å². The molecule has 0 spiro atoms. The summed E-state index contributed by atoms with van der Waals surface area (Å²) in [5.74, 6) is -0.469. The summed E-state index contributed by atoms with van der Waals surface area (Å²) in [4.78, 5) is 26.1.